The first-order valence-corrected chi connectivity index (χ1v) is 9.32. The van der Waals surface area contributed by atoms with E-state index in [2.05, 4.69) is 31.6 Å². The second-order valence-corrected chi connectivity index (χ2v) is 7.32. The molecule has 0 bridgehead atoms. The van der Waals surface area contributed by atoms with Gasteiger partial charge in [-0.1, -0.05) is 19.9 Å². The Kier molecular flexibility index (Phi) is 7.11. The number of hydrogen-bond acceptors (Lipinski definition) is 3. The van der Waals surface area contributed by atoms with E-state index in [9.17, 15) is 4.79 Å². The van der Waals surface area contributed by atoms with Crippen molar-refractivity contribution in [2.75, 3.05) is 27.2 Å². The third-order valence-electron chi connectivity index (χ3n) is 4.23. The van der Waals surface area contributed by atoms with Gasteiger partial charge in [-0.3, -0.25) is 9.79 Å². The third-order valence-corrected chi connectivity index (χ3v) is 4.85. The first-order valence-electron chi connectivity index (χ1n) is 8.53. The maximum atomic E-state index is 12.1. The van der Waals surface area contributed by atoms with Crippen LogP contribution in [0, 0.1) is 5.92 Å². The lowest BCUT2D eigenvalue weighted by atomic mass is 10.2. The number of nitrogens with zero attached hydrogens (tertiary/aromatic N) is 2. The van der Waals surface area contributed by atoms with Gasteiger partial charge in [-0.15, -0.1) is 0 Å². The Morgan fingerprint density at radius 3 is 2.84 bits per heavy atom. The Bertz CT molecular complexity index is 634. The average Bonchev–Trinajstić information content (AvgIpc) is 3.06. The Balaban J connectivity index is 1.85. The highest BCUT2D eigenvalue weighted by atomic mass is 79.9. The fourth-order valence-corrected chi connectivity index (χ4v) is 3.43. The van der Waals surface area contributed by atoms with Crippen molar-refractivity contribution in [1.29, 1.82) is 0 Å². The molecule has 0 aromatic heterocycles. The molecule has 1 aromatic rings. The maximum absolute atomic E-state index is 12.1. The average molecular weight is 411 g/mol. The number of benzene rings is 1. The van der Waals surface area contributed by atoms with Gasteiger partial charge < -0.3 is 20.3 Å². The van der Waals surface area contributed by atoms with E-state index in [4.69, 9.17) is 4.74 Å². The number of halogens is 1. The SMILES string of the molecule is CN=C(NCc1ccc(OC)c(Br)c1)NC1CCN(C(=O)C(C)C)C1. The second kappa shape index (κ2) is 9.08. The summed E-state index contributed by atoms with van der Waals surface area (Å²) in [4.78, 5) is 18.3. The molecule has 1 aromatic carbocycles. The van der Waals surface area contributed by atoms with E-state index >= 15 is 0 Å². The maximum Gasteiger partial charge on any atom is 0.225 e. The molecule has 1 unspecified atom stereocenters. The number of nitrogens with one attached hydrogen (secondary N) is 2. The number of hydrogen-bond donors (Lipinski definition) is 2. The highest BCUT2D eigenvalue weighted by molar-refractivity contribution is 9.10. The van der Waals surface area contributed by atoms with Crippen LogP contribution in [0.2, 0.25) is 0 Å². The van der Waals surface area contributed by atoms with Gasteiger partial charge in [0.25, 0.3) is 0 Å². The van der Waals surface area contributed by atoms with Crippen LogP contribution in [0.25, 0.3) is 0 Å². The molecule has 1 aliphatic heterocycles. The fraction of sp³-hybridized carbons (Fsp3) is 0.556. The molecule has 2 N–H and O–H groups in total. The number of likely N-dealkylation sites (tertiary alicyclic amines) is 1. The van der Waals surface area contributed by atoms with Crippen LogP contribution < -0.4 is 15.4 Å². The summed E-state index contributed by atoms with van der Waals surface area (Å²) in [7, 11) is 3.41. The van der Waals surface area contributed by atoms with Crippen molar-refractivity contribution in [2.45, 2.75) is 32.9 Å². The number of ether oxygens (including phenoxy) is 1. The van der Waals surface area contributed by atoms with Gasteiger partial charge in [0, 0.05) is 38.6 Å². The highest BCUT2D eigenvalue weighted by Gasteiger charge is 2.27. The molecule has 0 aliphatic carbocycles. The summed E-state index contributed by atoms with van der Waals surface area (Å²) < 4.78 is 6.17. The van der Waals surface area contributed by atoms with E-state index < -0.39 is 0 Å². The topological polar surface area (TPSA) is 66.0 Å². The van der Waals surface area contributed by atoms with Gasteiger partial charge in [0.15, 0.2) is 5.96 Å². The Morgan fingerprint density at radius 2 is 2.24 bits per heavy atom. The van der Waals surface area contributed by atoms with Crippen molar-refractivity contribution >= 4 is 27.8 Å². The molecule has 6 nitrogen and oxygen atoms in total. The number of carbonyl (C=O) groups excluding carboxylic acids is 1. The van der Waals surface area contributed by atoms with Crippen molar-refractivity contribution in [2.24, 2.45) is 10.9 Å². The molecule has 0 radical (unpaired) electrons. The number of aliphatic imine (C=N–C) groups is 1. The largest absolute Gasteiger partial charge is 0.496 e. The van der Waals surface area contributed by atoms with Gasteiger partial charge in [0.2, 0.25) is 5.91 Å². The third kappa shape index (κ3) is 5.36. The number of guanidine groups is 1. The van der Waals surface area contributed by atoms with E-state index in [0.717, 1.165) is 41.3 Å². The highest BCUT2D eigenvalue weighted by Crippen LogP contribution is 2.25. The molecule has 0 saturated carbocycles. The molecule has 0 spiro atoms. The molecule has 1 amide bonds. The number of amides is 1. The van der Waals surface area contributed by atoms with E-state index in [0.29, 0.717) is 6.54 Å². The molecular formula is C18H27BrN4O2. The van der Waals surface area contributed by atoms with Gasteiger partial charge in [-0.2, -0.15) is 0 Å². The molecule has 1 atom stereocenters. The summed E-state index contributed by atoms with van der Waals surface area (Å²) in [6.45, 7) is 6.07. The van der Waals surface area contributed by atoms with E-state index in [-0.39, 0.29) is 17.9 Å². The van der Waals surface area contributed by atoms with Crippen molar-refractivity contribution in [1.82, 2.24) is 15.5 Å². The fourth-order valence-electron chi connectivity index (χ4n) is 2.84. The molecule has 1 saturated heterocycles. The first-order chi connectivity index (χ1) is 11.9. The van der Waals surface area contributed by atoms with Gasteiger partial charge in [-0.25, -0.2) is 0 Å². The monoisotopic (exact) mass is 410 g/mol. The zero-order valence-electron chi connectivity index (χ0n) is 15.3. The van der Waals surface area contributed by atoms with Crippen molar-refractivity contribution in [3.8, 4) is 5.75 Å². The van der Waals surface area contributed by atoms with Crippen LogP contribution in [0.15, 0.2) is 27.7 Å². The number of carbonyl (C=O) groups is 1. The Labute approximate surface area is 158 Å². The zero-order valence-corrected chi connectivity index (χ0v) is 16.9. The molecule has 25 heavy (non-hydrogen) atoms. The van der Waals surface area contributed by atoms with Crippen molar-refractivity contribution in [3.63, 3.8) is 0 Å². The van der Waals surface area contributed by atoms with E-state index in [1.54, 1.807) is 14.2 Å². The molecular weight excluding hydrogens is 384 g/mol. The predicted molar refractivity (Wildman–Crippen MR) is 104 cm³/mol. The normalized spacial score (nSPS) is 17.8. The lowest BCUT2D eigenvalue weighted by Gasteiger charge is -2.20. The summed E-state index contributed by atoms with van der Waals surface area (Å²) in [5.74, 6) is 1.82. The first kappa shape index (κ1) is 19.6. The molecule has 7 heteroatoms. The predicted octanol–water partition coefficient (Wildman–Crippen LogP) is 2.38. The van der Waals surface area contributed by atoms with Gasteiger partial charge in [-0.05, 0) is 40.0 Å². The minimum atomic E-state index is 0.0460. The van der Waals surface area contributed by atoms with E-state index in [1.165, 1.54) is 0 Å². The summed E-state index contributed by atoms with van der Waals surface area (Å²) in [5, 5.41) is 6.72. The molecule has 1 fully saturated rings. The zero-order chi connectivity index (χ0) is 18.4. The summed E-state index contributed by atoms with van der Waals surface area (Å²) in [5.41, 5.74) is 1.12. The lowest BCUT2D eigenvalue weighted by molar-refractivity contribution is -0.133. The van der Waals surface area contributed by atoms with Gasteiger partial charge >= 0.3 is 0 Å². The van der Waals surface area contributed by atoms with Gasteiger partial charge in [0.1, 0.15) is 5.75 Å². The summed E-state index contributed by atoms with van der Waals surface area (Å²) >= 11 is 3.50. The smallest absolute Gasteiger partial charge is 0.225 e. The molecule has 138 valence electrons. The van der Waals surface area contributed by atoms with E-state index in [1.807, 2.05) is 36.9 Å². The van der Waals surface area contributed by atoms with Gasteiger partial charge in [0.05, 0.1) is 11.6 Å². The number of rotatable bonds is 5. The molecule has 1 aliphatic rings. The Morgan fingerprint density at radius 1 is 1.48 bits per heavy atom. The van der Waals surface area contributed by atoms with Crippen molar-refractivity contribution < 1.29 is 9.53 Å². The van der Waals surface area contributed by atoms with Crippen molar-refractivity contribution in [3.05, 3.63) is 28.2 Å². The number of methoxy groups -OCH3 is 1. The minimum absolute atomic E-state index is 0.0460. The van der Waals surface area contributed by atoms with Crippen LogP contribution in [-0.2, 0) is 11.3 Å². The quantitative estimate of drug-likeness (QED) is 0.577. The Hall–Kier alpha value is -1.76. The van der Waals surface area contributed by atoms with Crippen LogP contribution in [0.3, 0.4) is 0 Å². The van der Waals surface area contributed by atoms with Crippen LogP contribution in [-0.4, -0.2) is 50.1 Å². The second-order valence-electron chi connectivity index (χ2n) is 6.46. The van der Waals surface area contributed by atoms with Crippen LogP contribution in [0.4, 0.5) is 0 Å². The summed E-state index contributed by atoms with van der Waals surface area (Å²) in [6, 6.07) is 6.21. The van der Waals surface area contributed by atoms with Crippen LogP contribution in [0.5, 0.6) is 5.75 Å². The standard InChI is InChI=1S/C18H27BrN4O2/c1-12(2)17(24)23-8-7-14(11-23)22-18(20-3)21-10-13-5-6-16(25-4)15(19)9-13/h5-6,9,12,14H,7-8,10-11H2,1-4H3,(H2,20,21,22). The lowest BCUT2D eigenvalue weighted by Crippen LogP contribution is -2.45. The summed E-state index contributed by atoms with van der Waals surface area (Å²) in [6.07, 6.45) is 0.938. The minimum Gasteiger partial charge on any atom is -0.496 e. The molecule has 1 heterocycles. The van der Waals surface area contributed by atoms with Crippen LogP contribution >= 0.6 is 15.9 Å². The van der Waals surface area contributed by atoms with Crippen LogP contribution in [0.1, 0.15) is 25.8 Å². The molecule has 2 rings (SSSR count).